The van der Waals surface area contributed by atoms with Crippen LogP contribution in [-0.2, 0) is 11.2 Å². The van der Waals surface area contributed by atoms with Gasteiger partial charge >= 0.3 is 0 Å². The van der Waals surface area contributed by atoms with Crippen molar-refractivity contribution in [2.45, 2.75) is 26.2 Å². The summed E-state index contributed by atoms with van der Waals surface area (Å²) in [5, 5.41) is 8.38. The maximum atomic E-state index is 13.4. The minimum atomic E-state index is -0.321. The van der Waals surface area contributed by atoms with Crippen molar-refractivity contribution in [3.63, 3.8) is 0 Å². The molecule has 0 fully saturated rings. The van der Waals surface area contributed by atoms with Crippen LogP contribution in [0, 0.1) is 0 Å². The fourth-order valence-corrected chi connectivity index (χ4v) is 4.32. The van der Waals surface area contributed by atoms with Crippen molar-refractivity contribution >= 4 is 61.9 Å². The number of nitrogens with zero attached hydrogens (tertiary/aromatic N) is 4. The zero-order valence-electron chi connectivity index (χ0n) is 21.9. The maximum absolute atomic E-state index is 13.4. The van der Waals surface area contributed by atoms with Crippen LogP contribution < -0.4 is 20.5 Å². The van der Waals surface area contributed by atoms with Crippen molar-refractivity contribution in [3.8, 4) is 5.75 Å². The van der Waals surface area contributed by atoms with Crippen LogP contribution in [0.1, 0.15) is 31.2 Å². The highest BCUT2D eigenvalue weighted by atomic mass is 79.9. The molecule has 0 saturated heterocycles. The van der Waals surface area contributed by atoms with Gasteiger partial charge in [-0.05, 0) is 61.0 Å². The Morgan fingerprint density at radius 2 is 1.92 bits per heavy atom. The van der Waals surface area contributed by atoms with Gasteiger partial charge in [-0.2, -0.15) is 9.78 Å². The number of aromatic nitrogens is 2. The smallest absolute Gasteiger partial charge is 0.282 e. The molecule has 1 amide bonds. The van der Waals surface area contributed by atoms with Gasteiger partial charge in [-0.15, -0.1) is 0 Å². The minimum Gasteiger partial charge on any atom is -0.483 e. The molecule has 1 heterocycles. The van der Waals surface area contributed by atoms with Gasteiger partial charge in [-0.25, -0.2) is 4.98 Å². The molecule has 1 N–H and O–H groups in total. The Kier molecular flexibility index (Phi) is 9.37. The molecule has 0 aliphatic carbocycles. The highest BCUT2D eigenvalue weighted by molar-refractivity contribution is 9.10. The molecule has 0 saturated carbocycles. The fourth-order valence-electron chi connectivity index (χ4n) is 3.84. The summed E-state index contributed by atoms with van der Waals surface area (Å²) in [6.45, 7) is 1.87. The number of hydrogen-bond donors (Lipinski definition) is 1. The normalized spacial score (nSPS) is 11.2. The molecule has 0 atom stereocenters. The first-order valence-electron chi connectivity index (χ1n) is 12.5. The highest BCUT2D eigenvalue weighted by Crippen LogP contribution is 2.24. The number of benzene rings is 3. The number of fused-ring (bicyclic) bond motifs is 1. The van der Waals surface area contributed by atoms with Gasteiger partial charge in [0, 0.05) is 53.0 Å². The van der Waals surface area contributed by atoms with Crippen LogP contribution in [0.15, 0.2) is 75.0 Å². The SMILES string of the molecule is CCCCc1nc2ccc(Br)cc2c(=O)n1N=Cc1ccc(N(C)C)cc1OCC(=O)Nc1ccc(Cl)cc1. The van der Waals surface area contributed by atoms with Gasteiger partial charge in [-0.1, -0.05) is 40.9 Å². The number of ether oxygens (including phenoxy) is 1. The van der Waals surface area contributed by atoms with E-state index in [0.717, 1.165) is 23.0 Å². The third-order valence-corrected chi connectivity index (χ3v) is 6.69. The lowest BCUT2D eigenvalue weighted by Crippen LogP contribution is -2.23. The van der Waals surface area contributed by atoms with Crippen molar-refractivity contribution < 1.29 is 9.53 Å². The maximum Gasteiger partial charge on any atom is 0.282 e. The second kappa shape index (κ2) is 12.9. The van der Waals surface area contributed by atoms with Crippen molar-refractivity contribution in [2.75, 3.05) is 30.9 Å². The molecule has 0 bridgehead atoms. The van der Waals surface area contributed by atoms with Crippen molar-refractivity contribution in [2.24, 2.45) is 5.10 Å². The second-order valence-corrected chi connectivity index (χ2v) is 10.5. The van der Waals surface area contributed by atoms with Gasteiger partial charge < -0.3 is 15.0 Å². The summed E-state index contributed by atoms with van der Waals surface area (Å²) in [6.07, 6.45) is 4.01. The highest BCUT2D eigenvalue weighted by Gasteiger charge is 2.13. The largest absolute Gasteiger partial charge is 0.483 e. The van der Waals surface area contributed by atoms with E-state index in [1.54, 1.807) is 36.5 Å². The van der Waals surface area contributed by atoms with Crippen molar-refractivity contribution in [1.82, 2.24) is 9.66 Å². The Hall–Kier alpha value is -3.69. The van der Waals surface area contributed by atoms with E-state index in [4.69, 9.17) is 21.3 Å². The molecule has 1 aromatic heterocycles. The molecule has 202 valence electrons. The van der Waals surface area contributed by atoms with Crippen LogP contribution in [0.2, 0.25) is 5.02 Å². The van der Waals surface area contributed by atoms with E-state index in [0.29, 0.717) is 45.2 Å². The van der Waals surface area contributed by atoms with E-state index in [2.05, 4.69) is 33.3 Å². The Balaban J connectivity index is 1.65. The summed E-state index contributed by atoms with van der Waals surface area (Å²) in [4.78, 5) is 32.6. The first kappa shape index (κ1) is 28.3. The Morgan fingerprint density at radius 1 is 1.15 bits per heavy atom. The average Bonchev–Trinajstić information content (AvgIpc) is 2.92. The Bertz CT molecular complexity index is 1570. The molecule has 39 heavy (non-hydrogen) atoms. The van der Waals surface area contributed by atoms with Crippen molar-refractivity contribution in [1.29, 1.82) is 0 Å². The Morgan fingerprint density at radius 3 is 2.64 bits per heavy atom. The Labute approximate surface area is 240 Å². The van der Waals surface area contributed by atoms with Crippen LogP contribution in [0.5, 0.6) is 5.75 Å². The molecule has 4 rings (SSSR count). The molecule has 0 aliphatic heterocycles. The van der Waals surface area contributed by atoms with E-state index >= 15 is 0 Å². The number of rotatable bonds is 10. The predicted octanol–water partition coefficient (Wildman–Crippen LogP) is 6.12. The summed E-state index contributed by atoms with van der Waals surface area (Å²) in [5.41, 5.74) is 2.50. The quantitative estimate of drug-likeness (QED) is 0.219. The third kappa shape index (κ3) is 7.25. The monoisotopic (exact) mass is 609 g/mol. The van der Waals surface area contributed by atoms with Crippen molar-refractivity contribution in [3.05, 3.63) is 91.9 Å². The van der Waals surface area contributed by atoms with Crippen LogP contribution in [-0.4, -0.2) is 42.5 Å². The van der Waals surface area contributed by atoms with E-state index in [1.807, 2.05) is 49.3 Å². The van der Waals surface area contributed by atoms with Gasteiger partial charge in [0.1, 0.15) is 11.6 Å². The molecule has 3 aromatic carbocycles. The lowest BCUT2D eigenvalue weighted by Gasteiger charge is -2.16. The van der Waals surface area contributed by atoms with E-state index in [1.165, 1.54) is 4.68 Å². The number of anilines is 2. The van der Waals surface area contributed by atoms with Crippen LogP contribution >= 0.6 is 27.5 Å². The number of unbranched alkanes of at least 4 members (excludes halogenated alkanes) is 1. The first-order valence-corrected chi connectivity index (χ1v) is 13.7. The number of halogens is 2. The first-order chi connectivity index (χ1) is 18.7. The number of hydrogen-bond acceptors (Lipinski definition) is 6. The summed E-state index contributed by atoms with van der Waals surface area (Å²) in [7, 11) is 3.83. The predicted molar refractivity (Wildman–Crippen MR) is 162 cm³/mol. The van der Waals surface area contributed by atoms with Crippen LogP contribution in [0.25, 0.3) is 10.9 Å². The third-order valence-electron chi connectivity index (χ3n) is 5.94. The van der Waals surface area contributed by atoms with Gasteiger partial charge in [0.15, 0.2) is 6.61 Å². The summed E-state index contributed by atoms with van der Waals surface area (Å²) in [6, 6.07) is 17.9. The summed E-state index contributed by atoms with van der Waals surface area (Å²) in [5.74, 6) is 0.719. The molecular formula is C29H29BrClN5O3. The van der Waals surface area contributed by atoms with E-state index in [9.17, 15) is 9.59 Å². The number of aryl methyl sites for hydroxylation is 1. The topological polar surface area (TPSA) is 88.8 Å². The number of amides is 1. The molecule has 0 aliphatic rings. The van der Waals surface area contributed by atoms with Gasteiger partial charge in [0.2, 0.25) is 0 Å². The van der Waals surface area contributed by atoms with Crippen LogP contribution in [0.4, 0.5) is 11.4 Å². The zero-order chi connectivity index (χ0) is 27.9. The average molecular weight is 611 g/mol. The molecule has 4 aromatic rings. The standard InChI is InChI=1S/C29H29BrClN5O3/c1-4-5-6-27-34-25-14-8-20(30)15-24(25)29(38)36(27)32-17-19-7-13-23(35(2)3)16-26(19)39-18-28(37)33-22-11-9-21(31)10-12-22/h7-17H,4-6,18H2,1-3H3,(H,33,37). The molecule has 0 radical (unpaired) electrons. The van der Waals surface area contributed by atoms with Gasteiger partial charge in [0.25, 0.3) is 11.5 Å². The van der Waals surface area contributed by atoms with E-state index < -0.39 is 0 Å². The lowest BCUT2D eigenvalue weighted by atomic mass is 10.2. The molecule has 0 unspecified atom stereocenters. The number of carbonyl (C=O) groups is 1. The minimum absolute atomic E-state index is 0.215. The zero-order valence-corrected chi connectivity index (χ0v) is 24.3. The van der Waals surface area contributed by atoms with E-state index in [-0.39, 0.29) is 18.1 Å². The number of carbonyl (C=O) groups excluding carboxylic acids is 1. The summed E-state index contributed by atoms with van der Waals surface area (Å²) < 4.78 is 8.06. The molecule has 8 nitrogen and oxygen atoms in total. The lowest BCUT2D eigenvalue weighted by molar-refractivity contribution is -0.118. The van der Waals surface area contributed by atoms with Crippen LogP contribution in [0.3, 0.4) is 0 Å². The summed E-state index contributed by atoms with van der Waals surface area (Å²) >= 11 is 9.35. The number of nitrogens with one attached hydrogen (secondary N) is 1. The van der Waals surface area contributed by atoms with Gasteiger partial charge in [-0.3, -0.25) is 9.59 Å². The fraction of sp³-hybridized carbons (Fsp3) is 0.241. The van der Waals surface area contributed by atoms with Gasteiger partial charge in [0.05, 0.1) is 17.1 Å². The molecule has 0 spiro atoms. The second-order valence-electron chi connectivity index (χ2n) is 9.11. The molecule has 10 heteroatoms. The molecular weight excluding hydrogens is 582 g/mol.